The molecular weight excluding hydrogens is 506 g/mol. The first-order valence-corrected chi connectivity index (χ1v) is 11.8. The first kappa shape index (κ1) is 24.9. The van der Waals surface area contributed by atoms with E-state index >= 15 is 0 Å². The van der Waals surface area contributed by atoms with Gasteiger partial charge in [0.05, 0.1) is 34.1 Å². The minimum atomic E-state index is -4.71. The van der Waals surface area contributed by atoms with Crippen molar-refractivity contribution < 1.29 is 21.6 Å². The van der Waals surface area contributed by atoms with Gasteiger partial charge in [0.1, 0.15) is 11.8 Å². The van der Waals surface area contributed by atoms with Gasteiger partial charge in [-0.25, -0.2) is 18.1 Å². The van der Waals surface area contributed by atoms with Crippen LogP contribution in [0.4, 0.5) is 19.0 Å². The van der Waals surface area contributed by atoms with Crippen molar-refractivity contribution in [1.29, 1.82) is 5.26 Å². The number of aromatic nitrogens is 2. The van der Waals surface area contributed by atoms with Crippen LogP contribution in [0.3, 0.4) is 0 Å². The van der Waals surface area contributed by atoms with E-state index in [1.807, 2.05) is 6.07 Å². The summed E-state index contributed by atoms with van der Waals surface area (Å²) in [7, 11) is -0.726. The molecule has 1 aromatic heterocycles. The third kappa shape index (κ3) is 4.42. The van der Waals surface area contributed by atoms with Gasteiger partial charge in [0.2, 0.25) is 4.87 Å². The van der Waals surface area contributed by atoms with Crippen LogP contribution in [0, 0.1) is 11.3 Å². The number of rotatable bonds is 5. The average Bonchev–Trinajstić information content (AvgIpc) is 3.30. The number of halogens is 5. The first-order valence-electron chi connectivity index (χ1n) is 9.12. The van der Waals surface area contributed by atoms with Crippen molar-refractivity contribution in [1.82, 2.24) is 14.7 Å². The van der Waals surface area contributed by atoms with E-state index in [0.29, 0.717) is 12.1 Å². The number of nitriles is 1. The van der Waals surface area contributed by atoms with Gasteiger partial charge in [-0.2, -0.15) is 33.8 Å². The topological polar surface area (TPSA) is 116 Å². The van der Waals surface area contributed by atoms with Gasteiger partial charge in [-0.1, -0.05) is 23.2 Å². The molecule has 1 atom stereocenters. The predicted molar refractivity (Wildman–Crippen MR) is 116 cm³/mol. The monoisotopic (exact) mass is 521 g/mol. The Morgan fingerprint density at radius 1 is 1.30 bits per heavy atom. The Bertz CT molecular complexity index is 1290. The Labute approximate surface area is 197 Å². The Morgan fingerprint density at radius 2 is 1.91 bits per heavy atom. The Morgan fingerprint density at radius 3 is 2.33 bits per heavy atom. The third-order valence-corrected chi connectivity index (χ3v) is 7.01. The van der Waals surface area contributed by atoms with E-state index in [-0.39, 0.29) is 35.7 Å². The summed E-state index contributed by atoms with van der Waals surface area (Å²) in [5, 5.41) is 20.7. The summed E-state index contributed by atoms with van der Waals surface area (Å²) < 4.78 is 66.1. The molecule has 0 spiro atoms. The molecule has 3 rings (SSSR count). The fourth-order valence-electron chi connectivity index (χ4n) is 3.26. The molecule has 0 aliphatic carbocycles. The maximum Gasteiger partial charge on any atom is 0.416 e. The highest BCUT2D eigenvalue weighted by Crippen LogP contribution is 2.47. The number of benzene rings is 1. The molecule has 1 aliphatic heterocycles. The lowest BCUT2D eigenvalue weighted by atomic mass is 10.0. The zero-order chi connectivity index (χ0) is 24.8. The molecule has 1 aromatic carbocycles. The molecule has 0 N–H and O–H groups in total. The van der Waals surface area contributed by atoms with Gasteiger partial charge in [-0.3, -0.25) is 0 Å². The number of sulfone groups is 1. The van der Waals surface area contributed by atoms with Crippen molar-refractivity contribution in [3.05, 3.63) is 39.0 Å². The number of nitrogens with zero attached hydrogens (tertiary/aromatic N) is 7. The predicted octanol–water partition coefficient (Wildman–Crippen LogP) is 4.34. The van der Waals surface area contributed by atoms with E-state index in [4.69, 9.17) is 23.2 Å². The van der Waals surface area contributed by atoms with Gasteiger partial charge >= 0.3 is 6.18 Å². The maximum absolute atomic E-state index is 13.2. The fraction of sp³-hybridized carbons (Fsp3) is 0.389. The van der Waals surface area contributed by atoms with E-state index in [9.17, 15) is 26.9 Å². The highest BCUT2D eigenvalue weighted by molar-refractivity contribution is 7.91. The fourth-order valence-corrected chi connectivity index (χ4v) is 5.13. The van der Waals surface area contributed by atoms with Crippen molar-refractivity contribution in [2.75, 3.05) is 26.9 Å². The molecule has 0 radical (unpaired) electrons. The molecule has 1 aliphatic rings. The summed E-state index contributed by atoms with van der Waals surface area (Å²) in [4.78, 5) is 3.81. The van der Waals surface area contributed by atoms with Gasteiger partial charge in [-0.15, -0.1) is 0 Å². The number of hydrogen-bond acceptors (Lipinski definition) is 7. The van der Waals surface area contributed by atoms with Gasteiger partial charge in [-0.05, 0) is 12.1 Å². The van der Waals surface area contributed by atoms with E-state index in [1.54, 1.807) is 14.1 Å². The summed E-state index contributed by atoms with van der Waals surface area (Å²) in [5.41, 5.74) is -1.83. The largest absolute Gasteiger partial charge is 0.416 e. The SMILES string of the molecule is CN(C)/C=N\c1c(C2(S(C)(=O)=O)CCN=N2)c(C#N)nn1-c1c(Cl)cc(C(F)(F)F)cc1Cl. The lowest BCUT2D eigenvalue weighted by Gasteiger charge is -2.22. The minimum Gasteiger partial charge on any atom is -0.369 e. The molecule has 0 saturated carbocycles. The van der Waals surface area contributed by atoms with Crippen molar-refractivity contribution >= 4 is 45.2 Å². The van der Waals surface area contributed by atoms with Crippen LogP contribution in [0.15, 0.2) is 27.4 Å². The standard InChI is InChI=1S/C18H16Cl2F3N7O2S/c1-29(2)9-25-16-14(17(33(3,31)32)4-5-26-28-17)13(8-24)27-30(16)15-11(19)6-10(7-12(15)20)18(21,22)23/h6-7,9H,4-5H2,1-3H3/b25-9-. The summed E-state index contributed by atoms with van der Waals surface area (Å²) >= 11 is 12.3. The van der Waals surface area contributed by atoms with Crippen molar-refractivity contribution in [3.63, 3.8) is 0 Å². The van der Waals surface area contributed by atoms with Gasteiger partial charge in [0.15, 0.2) is 21.3 Å². The minimum absolute atomic E-state index is 0.0712. The second-order valence-corrected chi connectivity index (χ2v) is 10.4. The zero-order valence-electron chi connectivity index (χ0n) is 17.4. The highest BCUT2D eigenvalue weighted by atomic mass is 35.5. The van der Waals surface area contributed by atoms with Crippen LogP contribution >= 0.6 is 23.2 Å². The quantitative estimate of drug-likeness (QED) is 0.428. The first-order chi connectivity index (χ1) is 15.2. The number of hydrogen-bond donors (Lipinski definition) is 0. The molecule has 2 heterocycles. The van der Waals surface area contributed by atoms with Crippen LogP contribution in [0.1, 0.15) is 23.2 Å². The van der Waals surface area contributed by atoms with Crippen molar-refractivity contribution in [2.24, 2.45) is 15.2 Å². The Hall–Kier alpha value is -2.69. The zero-order valence-corrected chi connectivity index (χ0v) is 19.7. The van der Waals surface area contributed by atoms with E-state index in [0.717, 1.165) is 10.9 Å². The Balaban J connectivity index is 2.44. The van der Waals surface area contributed by atoms with Gasteiger partial charge in [0, 0.05) is 26.8 Å². The van der Waals surface area contributed by atoms with Crippen LogP contribution in [-0.4, -0.2) is 56.3 Å². The van der Waals surface area contributed by atoms with E-state index in [2.05, 4.69) is 20.3 Å². The average molecular weight is 522 g/mol. The lowest BCUT2D eigenvalue weighted by Crippen LogP contribution is -2.32. The number of azo groups is 1. The van der Waals surface area contributed by atoms with E-state index in [1.165, 1.54) is 11.2 Å². The molecule has 33 heavy (non-hydrogen) atoms. The summed E-state index contributed by atoms with van der Waals surface area (Å²) in [5.74, 6) is -0.185. The summed E-state index contributed by atoms with van der Waals surface area (Å²) in [6, 6.07) is 3.11. The van der Waals surface area contributed by atoms with E-state index < -0.39 is 36.5 Å². The second kappa shape index (κ2) is 8.58. The molecule has 2 aromatic rings. The smallest absolute Gasteiger partial charge is 0.369 e. The molecule has 0 saturated heterocycles. The normalized spacial score (nSPS) is 18.8. The van der Waals surface area contributed by atoms with Gasteiger partial charge < -0.3 is 4.90 Å². The molecule has 0 fully saturated rings. The lowest BCUT2D eigenvalue weighted by molar-refractivity contribution is -0.137. The summed E-state index contributed by atoms with van der Waals surface area (Å²) in [6.45, 7) is 0.0712. The van der Waals surface area contributed by atoms with Gasteiger partial charge in [0.25, 0.3) is 0 Å². The molecule has 15 heteroatoms. The second-order valence-electron chi connectivity index (χ2n) is 7.34. The summed E-state index contributed by atoms with van der Waals surface area (Å²) in [6.07, 6.45) is -2.56. The molecule has 176 valence electrons. The molecule has 0 amide bonds. The third-order valence-electron chi connectivity index (χ3n) is 4.72. The number of alkyl halides is 3. The van der Waals surface area contributed by atoms with Crippen molar-refractivity contribution in [3.8, 4) is 11.8 Å². The van der Waals surface area contributed by atoms with Crippen LogP contribution in [-0.2, 0) is 20.9 Å². The Kier molecular flexibility index (Phi) is 6.49. The van der Waals surface area contributed by atoms with Crippen LogP contribution in [0.25, 0.3) is 5.69 Å². The van der Waals surface area contributed by atoms with Crippen LogP contribution in [0.5, 0.6) is 0 Å². The number of aliphatic imine (C=N–C) groups is 1. The molecular formula is C18H16Cl2F3N7O2S. The van der Waals surface area contributed by atoms with Crippen molar-refractivity contribution in [2.45, 2.75) is 17.5 Å². The maximum atomic E-state index is 13.2. The molecule has 1 unspecified atom stereocenters. The molecule has 9 nitrogen and oxygen atoms in total. The molecule has 0 bridgehead atoms. The van der Waals surface area contributed by atoms with Crippen LogP contribution in [0.2, 0.25) is 10.0 Å². The highest BCUT2D eigenvalue weighted by Gasteiger charge is 2.51. The van der Waals surface area contributed by atoms with Crippen LogP contribution < -0.4 is 0 Å².